The number of nitrogens with zero attached hydrogens (tertiary/aromatic N) is 3. The van der Waals surface area contributed by atoms with Gasteiger partial charge in [-0.2, -0.15) is 9.82 Å². The fourth-order valence-electron chi connectivity index (χ4n) is 3.26. The van der Waals surface area contributed by atoms with Crippen molar-refractivity contribution >= 4 is 32.6 Å². The second kappa shape index (κ2) is 9.50. The lowest BCUT2D eigenvalue weighted by atomic mass is 10.1. The van der Waals surface area contributed by atoms with Crippen LogP contribution in [-0.4, -0.2) is 41.2 Å². The van der Waals surface area contributed by atoms with Crippen molar-refractivity contribution in [2.75, 3.05) is 0 Å². The Hall–Kier alpha value is -3.58. The van der Waals surface area contributed by atoms with Gasteiger partial charge in [-0.3, -0.25) is 25.2 Å². The minimum atomic E-state index is -4.09. The molecule has 2 aromatic heterocycles. The molecule has 0 saturated heterocycles. The number of hydrogen-bond donors (Lipinski definition) is 3. The molecule has 12 nitrogen and oxygen atoms in total. The number of fused-ring (bicyclic) bond motifs is 1. The number of benzene rings is 1. The lowest BCUT2D eigenvalue weighted by Crippen LogP contribution is -2.51. The van der Waals surface area contributed by atoms with Gasteiger partial charge < -0.3 is 4.52 Å². The first-order valence-electron chi connectivity index (χ1n) is 10.1. The zero-order chi connectivity index (χ0) is 24.3. The third-order valence-electron chi connectivity index (χ3n) is 4.78. The third-order valence-corrected chi connectivity index (χ3v) is 6.56. The van der Waals surface area contributed by atoms with Crippen LogP contribution in [0.3, 0.4) is 0 Å². The number of hydrogen-bond acceptors (Lipinski definition) is 8. The summed E-state index contributed by atoms with van der Waals surface area (Å²) in [6, 6.07) is 5.27. The highest BCUT2D eigenvalue weighted by molar-refractivity contribution is 7.89. The first-order chi connectivity index (χ1) is 15.6. The molecule has 3 aromatic rings. The normalized spacial score (nSPS) is 12.5. The summed E-state index contributed by atoms with van der Waals surface area (Å²) in [5.41, 5.74) is 4.18. The molecule has 0 aliphatic heterocycles. The van der Waals surface area contributed by atoms with Gasteiger partial charge in [-0.05, 0) is 33.3 Å². The molecule has 0 saturated carbocycles. The van der Waals surface area contributed by atoms with Crippen LogP contribution >= 0.6 is 0 Å². The van der Waals surface area contributed by atoms with Gasteiger partial charge in [0.25, 0.3) is 17.4 Å². The molecule has 0 radical (unpaired) electrons. The van der Waals surface area contributed by atoms with E-state index in [1.807, 2.05) is 6.92 Å². The summed E-state index contributed by atoms with van der Waals surface area (Å²) in [6.07, 6.45) is 0.631. The van der Waals surface area contributed by atoms with Crippen LogP contribution in [0.2, 0.25) is 0 Å². The Morgan fingerprint density at radius 2 is 1.82 bits per heavy atom. The summed E-state index contributed by atoms with van der Waals surface area (Å²) in [5.74, 6) is -1.49. The molecule has 2 heterocycles. The first kappa shape index (κ1) is 24.1. The highest BCUT2D eigenvalue weighted by Crippen LogP contribution is 2.19. The fourth-order valence-corrected chi connectivity index (χ4v) is 4.79. The van der Waals surface area contributed by atoms with Crippen LogP contribution in [0.15, 0.2) is 38.5 Å². The average Bonchev–Trinajstić information content (AvgIpc) is 3.12. The van der Waals surface area contributed by atoms with Gasteiger partial charge in [-0.25, -0.2) is 13.1 Å². The highest BCUT2D eigenvalue weighted by Gasteiger charge is 2.28. The lowest BCUT2D eigenvalue weighted by molar-refractivity contribution is -0.123. The van der Waals surface area contributed by atoms with Crippen molar-refractivity contribution in [2.24, 2.45) is 0 Å². The Kier molecular flexibility index (Phi) is 6.93. The molecule has 1 aromatic carbocycles. The fraction of sp³-hybridized carbons (Fsp3) is 0.350. The van der Waals surface area contributed by atoms with Crippen LogP contribution in [0.5, 0.6) is 0 Å². The summed E-state index contributed by atoms with van der Waals surface area (Å²) in [7, 11) is -4.09. The monoisotopic (exact) mass is 476 g/mol. The Morgan fingerprint density at radius 1 is 1.15 bits per heavy atom. The third kappa shape index (κ3) is 4.93. The Bertz CT molecular complexity index is 1360. The van der Waals surface area contributed by atoms with E-state index >= 15 is 0 Å². The first-order valence-corrected chi connectivity index (χ1v) is 11.6. The van der Waals surface area contributed by atoms with Gasteiger partial charge in [-0.1, -0.05) is 30.3 Å². The molecule has 1 atom stereocenters. The van der Waals surface area contributed by atoms with Crippen LogP contribution in [0.25, 0.3) is 10.8 Å². The standard InChI is InChI=1S/C20H24N6O6S/c1-5-10-26-20(29)15-9-7-6-8-14(15)16(23-26)19(28)22-21-18(27)12(3)25-33(30,31)17-11(2)24-32-13(17)4/h6-9,12,25H,5,10H2,1-4H3,(H,21,27)(H,22,28)/t12-/m0/s1. The van der Waals surface area contributed by atoms with Crippen LogP contribution in [0.4, 0.5) is 0 Å². The van der Waals surface area contributed by atoms with E-state index in [4.69, 9.17) is 4.52 Å². The van der Waals surface area contributed by atoms with E-state index in [0.29, 0.717) is 23.7 Å². The Morgan fingerprint density at radius 3 is 2.42 bits per heavy atom. The van der Waals surface area contributed by atoms with Gasteiger partial charge in [0.05, 0.1) is 11.4 Å². The van der Waals surface area contributed by atoms with E-state index in [1.54, 1.807) is 24.3 Å². The largest absolute Gasteiger partial charge is 0.360 e. The minimum absolute atomic E-state index is 0.0529. The number of sulfonamides is 1. The quantitative estimate of drug-likeness (QED) is 0.416. The van der Waals surface area contributed by atoms with Crippen molar-refractivity contribution in [1.29, 1.82) is 0 Å². The summed E-state index contributed by atoms with van der Waals surface area (Å²) in [6.45, 7) is 6.40. The number of nitrogens with one attached hydrogen (secondary N) is 3. The zero-order valence-electron chi connectivity index (χ0n) is 18.5. The van der Waals surface area contributed by atoms with E-state index < -0.39 is 27.9 Å². The number of rotatable bonds is 7. The molecular weight excluding hydrogens is 452 g/mol. The van der Waals surface area contributed by atoms with E-state index in [-0.39, 0.29) is 27.6 Å². The Labute approximate surface area is 189 Å². The van der Waals surface area contributed by atoms with Crippen LogP contribution in [-0.2, 0) is 21.4 Å². The molecule has 0 bridgehead atoms. The maximum atomic E-state index is 12.8. The lowest BCUT2D eigenvalue weighted by Gasteiger charge is -2.15. The van der Waals surface area contributed by atoms with Gasteiger partial charge in [-0.15, -0.1) is 0 Å². The second-order valence-electron chi connectivity index (χ2n) is 7.36. The van der Waals surface area contributed by atoms with Crippen molar-refractivity contribution < 1.29 is 22.5 Å². The Balaban J connectivity index is 1.76. The maximum absolute atomic E-state index is 12.8. The molecule has 0 aliphatic carbocycles. The number of aromatic nitrogens is 3. The van der Waals surface area contributed by atoms with Gasteiger partial charge in [0.1, 0.15) is 10.6 Å². The molecule has 0 fully saturated rings. The van der Waals surface area contributed by atoms with E-state index in [0.717, 1.165) is 0 Å². The SMILES string of the molecule is CCCn1nc(C(=O)NNC(=O)[C@H](C)NS(=O)(=O)c2c(C)noc2C)c2ccccc2c1=O. The van der Waals surface area contributed by atoms with Crippen LogP contribution in [0, 0.1) is 13.8 Å². The topological polar surface area (TPSA) is 165 Å². The summed E-state index contributed by atoms with van der Waals surface area (Å²) in [4.78, 5) is 37.6. The van der Waals surface area contributed by atoms with Crippen LogP contribution < -0.4 is 21.1 Å². The highest BCUT2D eigenvalue weighted by atomic mass is 32.2. The van der Waals surface area contributed by atoms with Gasteiger partial charge >= 0.3 is 0 Å². The van der Waals surface area contributed by atoms with Gasteiger partial charge in [0.15, 0.2) is 11.5 Å². The molecule has 3 rings (SSSR count). The number of amides is 2. The van der Waals surface area contributed by atoms with Crippen molar-refractivity contribution in [3.8, 4) is 0 Å². The molecule has 176 valence electrons. The van der Waals surface area contributed by atoms with Crippen molar-refractivity contribution in [3.63, 3.8) is 0 Å². The number of carbonyl (C=O) groups excluding carboxylic acids is 2. The van der Waals surface area contributed by atoms with Crippen molar-refractivity contribution in [3.05, 3.63) is 51.8 Å². The summed E-state index contributed by atoms with van der Waals surface area (Å²) >= 11 is 0. The molecule has 0 spiro atoms. The molecule has 33 heavy (non-hydrogen) atoms. The summed E-state index contributed by atoms with van der Waals surface area (Å²) < 4.78 is 33.4. The molecule has 0 unspecified atom stereocenters. The molecule has 13 heteroatoms. The minimum Gasteiger partial charge on any atom is -0.360 e. The van der Waals surface area contributed by atoms with Gasteiger partial charge in [0, 0.05) is 11.9 Å². The molecular formula is C20H24N6O6S. The number of aryl methyl sites for hydroxylation is 3. The van der Waals surface area contributed by atoms with Crippen molar-refractivity contribution in [2.45, 2.75) is 51.6 Å². The number of hydrazine groups is 1. The smallest absolute Gasteiger partial charge is 0.290 e. The van der Waals surface area contributed by atoms with Gasteiger partial charge in [0.2, 0.25) is 10.0 Å². The number of carbonyl (C=O) groups is 2. The average molecular weight is 477 g/mol. The van der Waals surface area contributed by atoms with Crippen LogP contribution in [0.1, 0.15) is 42.2 Å². The maximum Gasteiger partial charge on any atom is 0.290 e. The predicted octanol–water partition coefficient (Wildman–Crippen LogP) is 0.539. The molecule has 2 amide bonds. The summed E-state index contributed by atoms with van der Waals surface area (Å²) in [5, 5.41) is 8.38. The second-order valence-corrected chi connectivity index (χ2v) is 9.01. The van der Waals surface area contributed by atoms with E-state index in [2.05, 4.69) is 25.8 Å². The zero-order valence-corrected chi connectivity index (χ0v) is 19.3. The molecule has 0 aliphatic rings. The van der Waals surface area contributed by atoms with Crippen molar-refractivity contribution in [1.82, 2.24) is 30.5 Å². The predicted molar refractivity (Wildman–Crippen MR) is 118 cm³/mol. The van der Waals surface area contributed by atoms with E-state index in [1.165, 1.54) is 25.5 Å². The molecule has 3 N–H and O–H groups in total. The van der Waals surface area contributed by atoms with E-state index in [9.17, 15) is 22.8 Å².